The first-order valence-corrected chi connectivity index (χ1v) is 9.36. The van der Waals surface area contributed by atoms with Crippen molar-refractivity contribution in [2.24, 2.45) is 0 Å². The van der Waals surface area contributed by atoms with Crippen LogP contribution in [0.5, 0.6) is 0 Å². The zero-order chi connectivity index (χ0) is 20.4. The van der Waals surface area contributed by atoms with Crippen LogP contribution in [-0.2, 0) is 12.7 Å². The van der Waals surface area contributed by atoms with Crippen molar-refractivity contribution in [1.82, 2.24) is 15.3 Å². The molecule has 0 bridgehead atoms. The largest absolute Gasteiger partial charge is 0.417 e. The number of fused-ring (bicyclic) bond motifs is 1. The summed E-state index contributed by atoms with van der Waals surface area (Å²) in [4.78, 5) is 23.1. The number of carbonyl (C=O) groups excluding carboxylic acids is 1. The van der Waals surface area contributed by atoms with Gasteiger partial charge >= 0.3 is 6.18 Å². The van der Waals surface area contributed by atoms with Gasteiger partial charge in [-0.05, 0) is 30.5 Å². The number of alkyl halides is 3. The maximum Gasteiger partial charge on any atom is 0.417 e. The molecule has 0 spiro atoms. The molecule has 8 heteroatoms. The van der Waals surface area contributed by atoms with Crippen molar-refractivity contribution in [2.75, 3.05) is 18.0 Å². The first-order chi connectivity index (χ1) is 13.9. The number of halogens is 3. The lowest BCUT2D eigenvalue weighted by atomic mass is 10.0. The quantitative estimate of drug-likeness (QED) is 0.714. The van der Waals surface area contributed by atoms with E-state index in [0.29, 0.717) is 5.56 Å². The van der Waals surface area contributed by atoms with E-state index in [9.17, 15) is 18.0 Å². The minimum atomic E-state index is -4.67. The minimum Gasteiger partial charge on any atom is -0.357 e. The monoisotopic (exact) mass is 400 g/mol. The van der Waals surface area contributed by atoms with Crippen LogP contribution in [0.3, 0.4) is 0 Å². The lowest BCUT2D eigenvalue weighted by molar-refractivity contribution is -0.136. The van der Waals surface area contributed by atoms with Gasteiger partial charge in [0, 0.05) is 37.4 Å². The second-order valence-electron chi connectivity index (χ2n) is 6.96. The van der Waals surface area contributed by atoms with E-state index in [1.807, 2.05) is 12.1 Å². The molecule has 5 nitrogen and oxygen atoms in total. The Morgan fingerprint density at radius 1 is 1.03 bits per heavy atom. The lowest BCUT2D eigenvalue weighted by Crippen LogP contribution is -2.26. The standard InChI is InChI=1S/C21H19F3N4O/c22-21(23,24)19-15-5-1-2-6-17(15)25-13-16(19)20(29)27-12-14-7-8-18(26-11-14)28-9-3-4-10-28/h1-2,5-8,11,13H,3-4,9-10,12H2,(H,27,29). The highest BCUT2D eigenvalue weighted by molar-refractivity contribution is 6.00. The Labute approximate surface area is 165 Å². The number of carbonyl (C=O) groups is 1. The summed E-state index contributed by atoms with van der Waals surface area (Å²) < 4.78 is 41.0. The maximum atomic E-state index is 13.7. The summed E-state index contributed by atoms with van der Waals surface area (Å²) in [6.07, 6.45) is 0.224. The molecule has 1 aromatic carbocycles. The fourth-order valence-electron chi connectivity index (χ4n) is 3.55. The third kappa shape index (κ3) is 4.01. The third-order valence-corrected chi connectivity index (χ3v) is 5.00. The van der Waals surface area contributed by atoms with Crippen LogP contribution >= 0.6 is 0 Å². The molecule has 4 rings (SSSR count). The molecule has 1 aliphatic rings. The van der Waals surface area contributed by atoms with Crippen molar-refractivity contribution in [1.29, 1.82) is 0 Å². The van der Waals surface area contributed by atoms with Crippen molar-refractivity contribution in [3.8, 4) is 0 Å². The summed E-state index contributed by atoms with van der Waals surface area (Å²) in [5.41, 5.74) is -0.553. The molecular formula is C21H19F3N4O. The fourth-order valence-corrected chi connectivity index (χ4v) is 3.55. The molecule has 0 aliphatic carbocycles. The fraction of sp³-hybridized carbons (Fsp3) is 0.286. The molecule has 0 unspecified atom stereocenters. The highest BCUT2D eigenvalue weighted by Crippen LogP contribution is 2.36. The van der Waals surface area contributed by atoms with E-state index in [0.717, 1.165) is 37.9 Å². The van der Waals surface area contributed by atoms with E-state index in [4.69, 9.17) is 0 Å². The number of pyridine rings is 2. The molecule has 1 amide bonds. The Hall–Kier alpha value is -3.16. The predicted octanol–water partition coefficient (Wildman–Crippen LogP) is 4.18. The Morgan fingerprint density at radius 3 is 2.48 bits per heavy atom. The SMILES string of the molecule is O=C(NCc1ccc(N2CCCC2)nc1)c1cnc2ccccc2c1C(F)(F)F. The van der Waals surface area contributed by atoms with Crippen LogP contribution in [0.25, 0.3) is 10.9 Å². The highest BCUT2D eigenvalue weighted by atomic mass is 19.4. The number of aromatic nitrogens is 2. The summed E-state index contributed by atoms with van der Waals surface area (Å²) in [7, 11) is 0. The molecule has 1 fully saturated rings. The molecule has 0 saturated carbocycles. The Morgan fingerprint density at radius 2 is 1.79 bits per heavy atom. The molecule has 1 aliphatic heterocycles. The van der Waals surface area contributed by atoms with Crippen LogP contribution in [-0.4, -0.2) is 29.0 Å². The normalized spacial score (nSPS) is 14.4. The number of benzene rings is 1. The number of hydrogen-bond donors (Lipinski definition) is 1. The summed E-state index contributed by atoms with van der Waals surface area (Å²) >= 11 is 0. The smallest absolute Gasteiger partial charge is 0.357 e. The van der Waals surface area contributed by atoms with Crippen molar-refractivity contribution in [3.63, 3.8) is 0 Å². The average Bonchev–Trinajstić information content (AvgIpc) is 3.25. The van der Waals surface area contributed by atoms with Crippen molar-refractivity contribution < 1.29 is 18.0 Å². The number of nitrogens with zero attached hydrogens (tertiary/aromatic N) is 3. The molecule has 150 valence electrons. The van der Waals surface area contributed by atoms with Gasteiger partial charge in [0.15, 0.2) is 0 Å². The van der Waals surface area contributed by atoms with Gasteiger partial charge in [0.25, 0.3) is 5.91 Å². The highest BCUT2D eigenvalue weighted by Gasteiger charge is 2.37. The predicted molar refractivity (Wildman–Crippen MR) is 104 cm³/mol. The molecule has 1 saturated heterocycles. The molecule has 0 radical (unpaired) electrons. The van der Waals surface area contributed by atoms with E-state index in [2.05, 4.69) is 20.2 Å². The Kier molecular flexibility index (Phi) is 5.08. The van der Waals surface area contributed by atoms with Crippen LogP contribution in [0.2, 0.25) is 0 Å². The first-order valence-electron chi connectivity index (χ1n) is 9.36. The summed E-state index contributed by atoms with van der Waals surface area (Å²) in [6, 6.07) is 9.60. The molecule has 1 N–H and O–H groups in total. The Balaban J connectivity index is 1.53. The van der Waals surface area contributed by atoms with Crippen LogP contribution in [0, 0.1) is 0 Å². The van der Waals surface area contributed by atoms with Gasteiger partial charge in [-0.15, -0.1) is 0 Å². The number of anilines is 1. The van der Waals surface area contributed by atoms with Crippen molar-refractivity contribution in [3.05, 3.63) is 65.5 Å². The number of nitrogens with one attached hydrogen (secondary N) is 1. The molecule has 3 heterocycles. The van der Waals surface area contributed by atoms with Gasteiger partial charge in [-0.3, -0.25) is 9.78 Å². The van der Waals surface area contributed by atoms with Crippen molar-refractivity contribution >= 4 is 22.6 Å². The van der Waals surface area contributed by atoms with Gasteiger partial charge in [0.05, 0.1) is 16.6 Å². The second kappa shape index (κ2) is 7.69. The van der Waals surface area contributed by atoms with Crippen molar-refractivity contribution in [2.45, 2.75) is 25.6 Å². The molecular weight excluding hydrogens is 381 g/mol. The third-order valence-electron chi connectivity index (χ3n) is 5.00. The molecule has 0 atom stereocenters. The van der Waals surface area contributed by atoms with Crippen LogP contribution in [0.4, 0.5) is 19.0 Å². The van der Waals surface area contributed by atoms with Gasteiger partial charge in [-0.1, -0.05) is 24.3 Å². The number of amides is 1. The topological polar surface area (TPSA) is 58.1 Å². The first kappa shape index (κ1) is 19.2. The summed E-state index contributed by atoms with van der Waals surface area (Å²) in [6.45, 7) is 2.02. The van der Waals surface area contributed by atoms with E-state index in [1.165, 1.54) is 18.2 Å². The van der Waals surface area contributed by atoms with Gasteiger partial charge < -0.3 is 10.2 Å². The van der Waals surface area contributed by atoms with Gasteiger partial charge in [-0.2, -0.15) is 13.2 Å². The Bertz CT molecular complexity index is 1030. The molecule has 29 heavy (non-hydrogen) atoms. The van der Waals surface area contributed by atoms with Crippen LogP contribution in [0.1, 0.15) is 34.3 Å². The maximum absolute atomic E-state index is 13.7. The number of hydrogen-bond acceptors (Lipinski definition) is 4. The number of para-hydroxylation sites is 1. The molecule has 3 aromatic rings. The van der Waals surface area contributed by atoms with E-state index in [-0.39, 0.29) is 17.4 Å². The van der Waals surface area contributed by atoms with Crippen LogP contribution < -0.4 is 10.2 Å². The number of rotatable bonds is 4. The summed E-state index contributed by atoms with van der Waals surface area (Å²) in [5, 5.41) is 2.46. The van der Waals surface area contributed by atoms with E-state index in [1.54, 1.807) is 12.3 Å². The second-order valence-corrected chi connectivity index (χ2v) is 6.96. The van der Waals surface area contributed by atoms with Gasteiger partial charge in [-0.25, -0.2) is 4.98 Å². The zero-order valence-corrected chi connectivity index (χ0v) is 15.5. The zero-order valence-electron chi connectivity index (χ0n) is 15.5. The van der Waals surface area contributed by atoms with E-state index >= 15 is 0 Å². The summed E-state index contributed by atoms with van der Waals surface area (Å²) in [5.74, 6) is 0.0508. The van der Waals surface area contributed by atoms with Gasteiger partial charge in [0.2, 0.25) is 0 Å². The van der Waals surface area contributed by atoms with E-state index < -0.39 is 23.2 Å². The molecule has 2 aromatic heterocycles. The average molecular weight is 400 g/mol. The van der Waals surface area contributed by atoms with Crippen LogP contribution in [0.15, 0.2) is 48.8 Å². The minimum absolute atomic E-state index is 0.0796. The van der Waals surface area contributed by atoms with Gasteiger partial charge in [0.1, 0.15) is 5.82 Å². The lowest BCUT2D eigenvalue weighted by Gasteiger charge is -2.17.